The summed E-state index contributed by atoms with van der Waals surface area (Å²) in [7, 11) is 0. The van der Waals surface area contributed by atoms with Gasteiger partial charge in [0.25, 0.3) is 0 Å². The molecule has 0 aromatic heterocycles. The van der Waals surface area contributed by atoms with Crippen LogP contribution < -0.4 is 5.32 Å². The Morgan fingerprint density at radius 2 is 1.94 bits per heavy atom. The highest BCUT2D eigenvalue weighted by atomic mass is 16.3. The Balaban J connectivity index is 1.85. The molecule has 0 amide bonds. The molecule has 1 aliphatic rings. The number of rotatable bonds is 6. The summed E-state index contributed by atoms with van der Waals surface area (Å²) in [4.78, 5) is 0. The van der Waals surface area contributed by atoms with Crippen LogP contribution in [0.15, 0.2) is 24.3 Å². The summed E-state index contributed by atoms with van der Waals surface area (Å²) >= 11 is 0. The first-order valence-corrected chi connectivity index (χ1v) is 7.17. The Kier molecular flexibility index (Phi) is 4.41. The third-order valence-corrected chi connectivity index (χ3v) is 4.04. The minimum atomic E-state index is -0.434. The molecular formula is C16H25NO. The molecule has 1 unspecified atom stereocenters. The average Bonchev–Trinajstić information content (AvgIpc) is 2.35. The van der Waals surface area contributed by atoms with E-state index in [1.807, 2.05) is 0 Å². The molecule has 18 heavy (non-hydrogen) atoms. The van der Waals surface area contributed by atoms with E-state index < -0.39 is 5.60 Å². The van der Waals surface area contributed by atoms with Crippen LogP contribution in [0.5, 0.6) is 0 Å². The molecule has 1 aliphatic carbocycles. The van der Waals surface area contributed by atoms with Gasteiger partial charge in [-0.05, 0) is 43.7 Å². The minimum absolute atomic E-state index is 0.310. The molecular weight excluding hydrogens is 222 g/mol. The molecule has 0 aliphatic heterocycles. The van der Waals surface area contributed by atoms with E-state index in [2.05, 4.69) is 43.4 Å². The van der Waals surface area contributed by atoms with E-state index in [1.54, 1.807) is 0 Å². The van der Waals surface area contributed by atoms with Crippen molar-refractivity contribution in [1.82, 2.24) is 5.32 Å². The van der Waals surface area contributed by atoms with Crippen molar-refractivity contribution in [2.24, 2.45) is 0 Å². The zero-order valence-corrected chi connectivity index (χ0v) is 11.6. The van der Waals surface area contributed by atoms with E-state index in [0.717, 1.165) is 25.7 Å². The van der Waals surface area contributed by atoms with E-state index in [1.165, 1.54) is 17.5 Å². The Morgan fingerprint density at radius 3 is 2.44 bits per heavy atom. The van der Waals surface area contributed by atoms with Gasteiger partial charge in [0.05, 0.1) is 5.60 Å². The zero-order chi connectivity index (χ0) is 13.0. The molecule has 2 heteroatoms. The van der Waals surface area contributed by atoms with Crippen molar-refractivity contribution in [3.8, 4) is 0 Å². The molecule has 2 rings (SSSR count). The molecule has 0 saturated heterocycles. The van der Waals surface area contributed by atoms with Gasteiger partial charge in [0.15, 0.2) is 0 Å². The summed E-state index contributed by atoms with van der Waals surface area (Å²) in [6.07, 6.45) is 5.41. The Labute approximate surface area is 110 Å². The maximum Gasteiger partial charge on any atom is 0.0771 e. The predicted molar refractivity (Wildman–Crippen MR) is 75.7 cm³/mol. The summed E-state index contributed by atoms with van der Waals surface area (Å²) in [5.74, 6) is 0. The molecule has 0 heterocycles. The normalized spacial score (nSPS) is 19.3. The summed E-state index contributed by atoms with van der Waals surface area (Å²) in [6, 6.07) is 9.15. The van der Waals surface area contributed by atoms with Gasteiger partial charge in [-0.25, -0.2) is 0 Å². The van der Waals surface area contributed by atoms with Gasteiger partial charge in [0, 0.05) is 12.6 Å². The van der Waals surface area contributed by atoms with E-state index in [4.69, 9.17) is 0 Å². The van der Waals surface area contributed by atoms with Crippen molar-refractivity contribution in [1.29, 1.82) is 0 Å². The first kappa shape index (κ1) is 13.6. The van der Waals surface area contributed by atoms with Crippen LogP contribution >= 0.6 is 0 Å². The van der Waals surface area contributed by atoms with Gasteiger partial charge in [0.1, 0.15) is 0 Å². The number of aryl methyl sites for hydroxylation is 1. The van der Waals surface area contributed by atoms with Crippen molar-refractivity contribution < 1.29 is 5.11 Å². The van der Waals surface area contributed by atoms with Crippen LogP contribution in [0.2, 0.25) is 0 Å². The fraction of sp³-hybridized carbons (Fsp3) is 0.625. The van der Waals surface area contributed by atoms with Gasteiger partial charge in [0.2, 0.25) is 0 Å². The van der Waals surface area contributed by atoms with Gasteiger partial charge < -0.3 is 10.4 Å². The Hall–Kier alpha value is -0.860. The molecule has 1 atom stereocenters. The van der Waals surface area contributed by atoms with Gasteiger partial charge in [-0.3, -0.25) is 0 Å². The summed E-state index contributed by atoms with van der Waals surface area (Å²) in [5, 5.41) is 13.5. The molecule has 1 aromatic carbocycles. The fourth-order valence-corrected chi connectivity index (χ4v) is 2.48. The highest BCUT2D eigenvalue weighted by Gasteiger charge is 2.34. The van der Waals surface area contributed by atoms with Crippen molar-refractivity contribution in [2.45, 2.75) is 57.6 Å². The first-order chi connectivity index (χ1) is 8.63. The van der Waals surface area contributed by atoms with E-state index in [-0.39, 0.29) is 0 Å². The summed E-state index contributed by atoms with van der Waals surface area (Å²) < 4.78 is 0. The van der Waals surface area contributed by atoms with Gasteiger partial charge in [-0.2, -0.15) is 0 Å². The smallest absolute Gasteiger partial charge is 0.0771 e. The second-order valence-electron chi connectivity index (χ2n) is 5.67. The molecule has 100 valence electrons. The van der Waals surface area contributed by atoms with Gasteiger partial charge in [-0.1, -0.05) is 37.6 Å². The maximum absolute atomic E-state index is 10.1. The number of benzene rings is 1. The number of hydrogen-bond donors (Lipinski definition) is 2. The van der Waals surface area contributed by atoms with Crippen LogP contribution in [0, 0.1) is 0 Å². The second kappa shape index (κ2) is 5.85. The van der Waals surface area contributed by atoms with E-state index in [9.17, 15) is 5.11 Å². The quantitative estimate of drug-likeness (QED) is 0.809. The van der Waals surface area contributed by atoms with Crippen LogP contribution in [-0.2, 0) is 6.42 Å². The maximum atomic E-state index is 10.1. The molecule has 2 nitrogen and oxygen atoms in total. The van der Waals surface area contributed by atoms with Crippen LogP contribution in [0.4, 0.5) is 0 Å². The average molecular weight is 247 g/mol. The zero-order valence-electron chi connectivity index (χ0n) is 11.6. The van der Waals surface area contributed by atoms with E-state index >= 15 is 0 Å². The highest BCUT2D eigenvalue weighted by molar-refractivity contribution is 5.24. The van der Waals surface area contributed by atoms with Crippen molar-refractivity contribution >= 4 is 0 Å². The largest absolute Gasteiger partial charge is 0.389 e. The number of hydrogen-bond acceptors (Lipinski definition) is 2. The van der Waals surface area contributed by atoms with Crippen molar-refractivity contribution in [2.75, 3.05) is 6.54 Å². The first-order valence-electron chi connectivity index (χ1n) is 7.17. The van der Waals surface area contributed by atoms with Crippen LogP contribution in [-0.4, -0.2) is 17.3 Å². The molecule has 2 N–H and O–H groups in total. The van der Waals surface area contributed by atoms with Gasteiger partial charge in [-0.15, -0.1) is 0 Å². The molecule has 1 saturated carbocycles. The topological polar surface area (TPSA) is 32.3 Å². The number of nitrogens with one attached hydrogen (secondary N) is 1. The monoisotopic (exact) mass is 247 g/mol. The van der Waals surface area contributed by atoms with Crippen LogP contribution in [0.3, 0.4) is 0 Å². The Morgan fingerprint density at radius 1 is 1.28 bits per heavy atom. The van der Waals surface area contributed by atoms with Crippen LogP contribution in [0.1, 0.15) is 56.7 Å². The van der Waals surface area contributed by atoms with Gasteiger partial charge >= 0.3 is 0 Å². The second-order valence-corrected chi connectivity index (χ2v) is 5.67. The number of aliphatic hydroxyl groups is 1. The molecule has 0 bridgehead atoms. The predicted octanol–water partition coefficient (Wildman–Crippen LogP) is 3.20. The Bertz CT molecular complexity index is 367. The molecule has 0 radical (unpaired) electrons. The third kappa shape index (κ3) is 3.33. The van der Waals surface area contributed by atoms with Crippen LogP contribution in [0.25, 0.3) is 0 Å². The lowest BCUT2D eigenvalue weighted by Gasteiger charge is -2.37. The molecule has 1 aromatic rings. The standard InChI is InChI=1S/C16H25NO/c1-3-5-14-6-8-15(9-7-14)13(2)17-12-16(18)10-4-11-16/h6-9,13,17-18H,3-5,10-12H2,1-2H3. The minimum Gasteiger partial charge on any atom is -0.389 e. The van der Waals surface area contributed by atoms with Crippen molar-refractivity contribution in [3.05, 3.63) is 35.4 Å². The molecule has 0 spiro atoms. The van der Waals surface area contributed by atoms with Crippen molar-refractivity contribution in [3.63, 3.8) is 0 Å². The SMILES string of the molecule is CCCc1ccc(C(C)NCC2(O)CCC2)cc1. The highest BCUT2D eigenvalue weighted by Crippen LogP contribution is 2.31. The summed E-state index contributed by atoms with van der Waals surface area (Å²) in [5.41, 5.74) is 2.28. The lowest BCUT2D eigenvalue weighted by Crippen LogP contribution is -2.46. The fourth-order valence-electron chi connectivity index (χ4n) is 2.48. The summed E-state index contributed by atoms with van der Waals surface area (Å²) in [6.45, 7) is 5.08. The molecule has 1 fully saturated rings. The lowest BCUT2D eigenvalue weighted by molar-refractivity contribution is -0.0329. The third-order valence-electron chi connectivity index (χ3n) is 4.04. The lowest BCUT2D eigenvalue weighted by atomic mass is 9.80. The van der Waals surface area contributed by atoms with E-state index in [0.29, 0.717) is 12.6 Å².